The van der Waals surface area contributed by atoms with E-state index in [1.165, 1.54) is 61.7 Å². The van der Waals surface area contributed by atoms with Crippen LogP contribution in [0.15, 0.2) is 69.4 Å². The van der Waals surface area contributed by atoms with Gasteiger partial charge in [0.15, 0.2) is 0 Å². The molecule has 50 heavy (non-hydrogen) atoms. The molecule has 288 valence electrons. The van der Waals surface area contributed by atoms with E-state index in [1.54, 1.807) is 17.2 Å². The van der Waals surface area contributed by atoms with Crippen LogP contribution in [0.3, 0.4) is 0 Å². The molecule has 1 fully saturated rings. The Balaban J connectivity index is 0.000000511. The van der Waals surface area contributed by atoms with Crippen molar-refractivity contribution in [2.45, 2.75) is 153 Å². The second kappa shape index (κ2) is 21.1. The van der Waals surface area contributed by atoms with Gasteiger partial charge in [-0.1, -0.05) is 90.2 Å². The predicted molar refractivity (Wildman–Crippen MR) is 213 cm³/mol. The zero-order valence-corrected chi connectivity index (χ0v) is 35.4. The summed E-state index contributed by atoms with van der Waals surface area (Å²) < 4.78 is 35.3. The summed E-state index contributed by atoms with van der Waals surface area (Å²) in [6, 6.07) is 0. The Kier molecular flexibility index (Phi) is 19.1. The summed E-state index contributed by atoms with van der Waals surface area (Å²) in [5.74, 6) is 1.74. The lowest BCUT2D eigenvalue weighted by Gasteiger charge is -2.52. The van der Waals surface area contributed by atoms with E-state index < -0.39 is 15.6 Å². The van der Waals surface area contributed by atoms with Gasteiger partial charge in [0.25, 0.3) is 7.82 Å². The number of hydrogen-bond acceptors (Lipinski definition) is 5. The highest BCUT2D eigenvalue weighted by Crippen LogP contribution is 2.58. The predicted octanol–water partition coefficient (Wildman–Crippen LogP) is 12.1. The molecule has 5 atom stereocenters. The molecule has 0 aromatic rings. The molecule has 1 saturated carbocycles. The molecular formula is C40H69O7P2S-. The molecular weight excluding hydrogens is 686 g/mol. The molecule has 3 aliphatic rings. The van der Waals surface area contributed by atoms with Crippen LogP contribution in [0, 0.1) is 22.7 Å². The van der Waals surface area contributed by atoms with Gasteiger partial charge in [-0.15, -0.1) is 0 Å². The zero-order valence-electron chi connectivity index (χ0n) is 33.7. The molecule has 10 heteroatoms. The molecule has 2 N–H and O–H groups in total. The summed E-state index contributed by atoms with van der Waals surface area (Å²) in [6.45, 7) is 22.5. The second-order valence-corrected chi connectivity index (χ2v) is 18.8. The van der Waals surface area contributed by atoms with Gasteiger partial charge in [0.05, 0.1) is 7.73 Å². The number of fused-ring (bicyclic) bond motifs is 3. The summed E-state index contributed by atoms with van der Waals surface area (Å²) in [6.07, 6.45) is 26.3. The maximum atomic E-state index is 11.3. The van der Waals surface area contributed by atoms with Gasteiger partial charge < -0.3 is 14.7 Å². The minimum absolute atomic E-state index is 0.293. The normalized spacial score (nSPS) is 26.6. The van der Waals surface area contributed by atoms with E-state index in [0.717, 1.165) is 55.9 Å². The lowest BCUT2D eigenvalue weighted by molar-refractivity contribution is -0.212. The lowest BCUT2D eigenvalue weighted by Crippen LogP contribution is -2.41. The van der Waals surface area contributed by atoms with Crippen molar-refractivity contribution in [1.29, 1.82) is 1.12 Å². The maximum absolute atomic E-state index is 11.3. The minimum atomic E-state index is -5.33. The fourth-order valence-electron chi connectivity index (χ4n) is 8.02. The SMILES string of the molecule is CC(C)=CCC/C(C)=C/CC/C(C)=C/CC/C(C)=C/COP(=O)(O)OP(=O)([O-])O.CC1=CCC[C@@]2(C)CCC3=C(C)CC[C@@H](C[C@H]12)C3(C)C.[3H]S. The zero-order chi connectivity index (χ0) is 39.0. The van der Waals surface area contributed by atoms with Gasteiger partial charge >= 0.3 is 7.82 Å². The van der Waals surface area contributed by atoms with Crippen LogP contribution in [0.2, 0.25) is 0 Å². The lowest BCUT2D eigenvalue weighted by atomic mass is 9.53. The number of phosphoric ester groups is 1. The molecule has 7 nitrogen and oxygen atoms in total. The van der Waals surface area contributed by atoms with Gasteiger partial charge in [0.1, 0.15) is 0 Å². The molecule has 0 radical (unpaired) electrons. The van der Waals surface area contributed by atoms with E-state index in [2.05, 4.69) is 109 Å². The van der Waals surface area contributed by atoms with Crippen molar-refractivity contribution in [2.24, 2.45) is 22.7 Å². The van der Waals surface area contributed by atoms with E-state index in [-0.39, 0.29) is 6.61 Å². The number of phosphoric acid groups is 2. The van der Waals surface area contributed by atoms with E-state index in [4.69, 9.17) is 10.9 Å². The Morgan fingerprint density at radius 1 is 0.920 bits per heavy atom. The molecule has 0 amide bonds. The van der Waals surface area contributed by atoms with Gasteiger partial charge in [0.2, 0.25) is 0 Å². The van der Waals surface area contributed by atoms with Gasteiger partial charge in [-0.25, -0.2) is 8.88 Å². The van der Waals surface area contributed by atoms with Crippen LogP contribution >= 0.6 is 29.0 Å². The van der Waals surface area contributed by atoms with Crippen molar-refractivity contribution in [1.82, 2.24) is 0 Å². The highest BCUT2D eigenvalue weighted by Gasteiger charge is 2.46. The molecule has 0 spiro atoms. The molecule has 0 saturated heterocycles. The van der Waals surface area contributed by atoms with E-state index in [1.807, 2.05) is 12.5 Å². The molecule has 0 aromatic heterocycles. The molecule has 3 aliphatic carbocycles. The topological polar surface area (TPSA) is 116 Å². The van der Waals surface area contributed by atoms with Gasteiger partial charge in [-0.3, -0.25) is 9.09 Å². The van der Waals surface area contributed by atoms with E-state index >= 15 is 0 Å². The van der Waals surface area contributed by atoms with Crippen molar-refractivity contribution >= 4 is 29.0 Å². The summed E-state index contributed by atoms with van der Waals surface area (Å²) in [5, 5.41) is 0. The van der Waals surface area contributed by atoms with Gasteiger partial charge in [-0.2, -0.15) is 13.4 Å². The average molecular weight is 758 g/mol. The fraction of sp³-hybridized carbons (Fsp3) is 0.700. The second-order valence-electron chi connectivity index (χ2n) is 16.0. The first-order valence-corrected chi connectivity index (χ1v) is 21.3. The molecule has 0 heterocycles. The van der Waals surface area contributed by atoms with Gasteiger partial charge in [0, 0.05) is 0 Å². The minimum Gasteiger partial charge on any atom is -0.756 e. The van der Waals surface area contributed by atoms with Crippen molar-refractivity contribution in [3.05, 3.63) is 69.4 Å². The quantitative estimate of drug-likeness (QED) is 0.134. The Bertz CT molecular complexity index is 1400. The molecule has 0 aromatic carbocycles. The smallest absolute Gasteiger partial charge is 0.479 e. The summed E-state index contributed by atoms with van der Waals surface area (Å²) in [5.41, 5.74) is 11.3. The Morgan fingerprint density at radius 2 is 1.46 bits per heavy atom. The summed E-state index contributed by atoms with van der Waals surface area (Å²) in [4.78, 5) is 28.0. The summed E-state index contributed by atoms with van der Waals surface area (Å²) >= 11 is 2.78. The number of allylic oxidation sites excluding steroid dienone is 11. The molecule has 2 bridgehead atoms. The third-order valence-electron chi connectivity index (χ3n) is 11.3. The third-order valence-corrected chi connectivity index (χ3v) is 13.4. The highest BCUT2D eigenvalue weighted by atomic mass is 32.1. The van der Waals surface area contributed by atoms with Crippen LogP contribution in [0.25, 0.3) is 0 Å². The molecule has 3 rings (SSSR count). The fourth-order valence-corrected chi connectivity index (χ4v) is 9.52. The highest BCUT2D eigenvalue weighted by molar-refractivity contribution is 7.60. The van der Waals surface area contributed by atoms with Crippen LogP contribution in [0.5, 0.6) is 0 Å². The Hall–Kier alpha value is -0.950. The van der Waals surface area contributed by atoms with Crippen molar-refractivity contribution in [3.8, 4) is 0 Å². The maximum Gasteiger partial charge on any atom is 0.479 e. The molecule has 2 unspecified atom stereocenters. The van der Waals surface area contributed by atoms with Crippen LogP contribution in [-0.4, -0.2) is 17.5 Å². The van der Waals surface area contributed by atoms with Gasteiger partial charge in [-0.05, 0) is 155 Å². The van der Waals surface area contributed by atoms with Crippen molar-refractivity contribution in [3.63, 3.8) is 0 Å². The Labute approximate surface area is 313 Å². The monoisotopic (exact) mass is 757 g/mol. The van der Waals surface area contributed by atoms with Crippen LogP contribution in [0.4, 0.5) is 0 Å². The van der Waals surface area contributed by atoms with E-state index in [9.17, 15) is 14.0 Å². The van der Waals surface area contributed by atoms with Crippen molar-refractivity contribution in [2.75, 3.05) is 6.61 Å². The first kappa shape index (κ1) is 45.2. The number of rotatable bonds is 14. The van der Waals surface area contributed by atoms with Crippen LogP contribution < -0.4 is 4.89 Å². The summed E-state index contributed by atoms with van der Waals surface area (Å²) in [7, 11) is -10.2. The largest absolute Gasteiger partial charge is 0.756 e. The van der Waals surface area contributed by atoms with E-state index in [0.29, 0.717) is 10.8 Å². The first-order valence-electron chi connectivity index (χ1n) is 18.8. The molecule has 0 aliphatic heterocycles. The van der Waals surface area contributed by atoms with Crippen molar-refractivity contribution < 1.29 is 32.6 Å². The standard InChI is InChI=1S/C20H36O7P2.C20H32.H2S/c1-17(2)9-6-10-18(3)11-7-12-19(4)13-8-14-20(5)15-16-26-29(24,25)27-28(21,22)23;1-14-7-6-11-20(5)12-10-17-15(2)8-9-16(13-18(14)20)19(17,3)4;/h9,11,13,15H,6-8,10,12,14,16H2,1-5H3,(H,24,25)(H2,21,22,23);7,16,18H,6,8-13H2,1-5H3;1H2/p-1/b18-11+,19-13+,20-15+;;/t;16-,18+,20-;/m.0./s1/i/hT. The van der Waals surface area contributed by atoms with Crippen LogP contribution in [0.1, 0.15) is 153 Å². The Morgan fingerprint density at radius 3 is 2.00 bits per heavy atom. The first-order chi connectivity index (χ1) is 23.6. The van der Waals surface area contributed by atoms with Crippen LogP contribution in [-0.2, 0) is 18.0 Å². The third kappa shape index (κ3) is 16.4. The average Bonchev–Trinajstić information content (AvgIpc) is 2.99. The number of hydrogen-bond donors (Lipinski definition) is 2.